The van der Waals surface area contributed by atoms with Crippen molar-refractivity contribution < 1.29 is 14.1 Å². The summed E-state index contributed by atoms with van der Waals surface area (Å²) in [5.41, 5.74) is 0.127. The summed E-state index contributed by atoms with van der Waals surface area (Å²) in [5.74, 6) is -0.147. The van der Waals surface area contributed by atoms with Gasteiger partial charge in [-0.15, -0.1) is 0 Å². The fraction of sp³-hybridized carbons (Fsp3) is 0.462. The minimum Gasteiger partial charge on any atom is -0.478 e. The zero-order valence-electron chi connectivity index (χ0n) is 10.5. The summed E-state index contributed by atoms with van der Waals surface area (Å²) in [5, 5.41) is 9.10. The highest BCUT2D eigenvalue weighted by Crippen LogP contribution is 2.22. The van der Waals surface area contributed by atoms with Gasteiger partial charge in [-0.25, -0.2) is 4.79 Å². The van der Waals surface area contributed by atoms with Crippen LogP contribution >= 0.6 is 15.9 Å². The summed E-state index contributed by atoms with van der Waals surface area (Å²) in [6, 6.07) is 4.79. The van der Waals surface area contributed by atoms with Crippen molar-refractivity contribution in [1.29, 1.82) is 0 Å². The Balaban J connectivity index is 3.03. The molecule has 0 heterocycles. The Morgan fingerprint density at radius 1 is 1.39 bits per heavy atom. The molecule has 0 radical (unpaired) electrons. The molecule has 0 amide bonds. The molecule has 1 atom stereocenters. The number of benzene rings is 1. The molecule has 5 heteroatoms. The molecule has 1 unspecified atom stereocenters. The first-order valence-corrected chi connectivity index (χ1v) is 8.02. The Kier molecular flexibility index (Phi) is 6.02. The van der Waals surface area contributed by atoms with Crippen molar-refractivity contribution in [3.8, 4) is 0 Å². The third-order valence-corrected chi connectivity index (χ3v) is 5.06. The molecule has 100 valence electrons. The molecule has 18 heavy (non-hydrogen) atoms. The average molecular weight is 333 g/mol. The summed E-state index contributed by atoms with van der Waals surface area (Å²) in [7, 11) is -1.27. The molecule has 0 saturated heterocycles. The van der Waals surface area contributed by atoms with Gasteiger partial charge in [0.25, 0.3) is 0 Å². The van der Waals surface area contributed by atoms with Gasteiger partial charge in [0.1, 0.15) is 0 Å². The number of halogens is 1. The van der Waals surface area contributed by atoms with E-state index in [0.29, 0.717) is 16.6 Å². The molecule has 0 spiro atoms. The first-order chi connectivity index (χ1) is 8.49. The highest BCUT2D eigenvalue weighted by Gasteiger charge is 2.18. The van der Waals surface area contributed by atoms with Crippen LogP contribution in [0.2, 0.25) is 0 Å². The van der Waals surface area contributed by atoms with Crippen molar-refractivity contribution in [2.75, 3.05) is 5.75 Å². The van der Waals surface area contributed by atoms with Gasteiger partial charge in [0.15, 0.2) is 0 Å². The summed E-state index contributed by atoms with van der Waals surface area (Å²) < 4.78 is 13.0. The molecule has 3 nitrogen and oxygen atoms in total. The van der Waals surface area contributed by atoms with Crippen LogP contribution in [-0.2, 0) is 10.8 Å². The molecule has 1 N–H and O–H groups in total. The molecular formula is C13H17BrO3S. The van der Waals surface area contributed by atoms with Crippen LogP contribution in [0.15, 0.2) is 27.6 Å². The quantitative estimate of drug-likeness (QED) is 0.864. The molecule has 0 aliphatic carbocycles. The van der Waals surface area contributed by atoms with Crippen molar-refractivity contribution >= 4 is 32.7 Å². The lowest BCUT2D eigenvalue weighted by Crippen LogP contribution is -2.13. The predicted octanol–water partition coefficient (Wildman–Crippen LogP) is 3.69. The van der Waals surface area contributed by atoms with Gasteiger partial charge in [-0.3, -0.25) is 4.21 Å². The smallest absolute Gasteiger partial charge is 0.336 e. The van der Waals surface area contributed by atoms with Crippen LogP contribution in [0.3, 0.4) is 0 Å². The summed E-state index contributed by atoms with van der Waals surface area (Å²) in [6.07, 6.45) is 1.91. The lowest BCUT2D eigenvalue weighted by Gasteiger charge is -2.13. The number of carboxylic acid groups (broad SMARTS) is 1. The van der Waals surface area contributed by atoms with Gasteiger partial charge in [0.2, 0.25) is 0 Å². The minimum atomic E-state index is -1.27. The molecular weight excluding hydrogens is 316 g/mol. The van der Waals surface area contributed by atoms with Crippen molar-refractivity contribution in [3.63, 3.8) is 0 Å². The second-order valence-corrected chi connectivity index (χ2v) is 6.52. The highest BCUT2D eigenvalue weighted by molar-refractivity contribution is 9.10. The average Bonchev–Trinajstić information content (AvgIpc) is 2.35. The zero-order chi connectivity index (χ0) is 13.7. The van der Waals surface area contributed by atoms with Crippen molar-refractivity contribution in [2.24, 2.45) is 5.92 Å². The van der Waals surface area contributed by atoms with Gasteiger partial charge in [0.05, 0.1) is 21.3 Å². The zero-order valence-corrected chi connectivity index (χ0v) is 12.9. The number of carboxylic acids is 1. The van der Waals surface area contributed by atoms with Gasteiger partial charge in [0, 0.05) is 10.2 Å². The highest BCUT2D eigenvalue weighted by atomic mass is 79.9. The fourth-order valence-corrected chi connectivity index (χ4v) is 3.94. The van der Waals surface area contributed by atoms with E-state index in [-0.39, 0.29) is 5.56 Å². The Bertz CT molecular complexity index is 456. The number of carbonyl (C=O) groups is 1. The van der Waals surface area contributed by atoms with Crippen LogP contribution in [0.25, 0.3) is 0 Å². The van der Waals surface area contributed by atoms with Crippen LogP contribution in [0.4, 0.5) is 0 Å². The van der Waals surface area contributed by atoms with E-state index in [9.17, 15) is 9.00 Å². The monoisotopic (exact) mass is 332 g/mol. The van der Waals surface area contributed by atoms with Gasteiger partial charge < -0.3 is 5.11 Å². The van der Waals surface area contributed by atoms with E-state index >= 15 is 0 Å². The fourth-order valence-electron chi connectivity index (χ4n) is 1.69. The van der Waals surface area contributed by atoms with Crippen LogP contribution in [0.5, 0.6) is 0 Å². The maximum absolute atomic E-state index is 12.3. The Morgan fingerprint density at radius 3 is 2.50 bits per heavy atom. The first kappa shape index (κ1) is 15.4. The minimum absolute atomic E-state index is 0.127. The molecule has 0 fully saturated rings. The van der Waals surface area contributed by atoms with Crippen molar-refractivity contribution in [1.82, 2.24) is 0 Å². The SMILES string of the molecule is CCC(CC)CS(=O)c1cc(Br)ccc1C(=O)O. The molecule has 0 aliphatic heterocycles. The standard InChI is InChI=1S/C13H17BrO3S/c1-3-9(4-2)8-18(17)12-7-10(14)5-6-11(12)13(15)16/h5-7,9H,3-4,8H2,1-2H3,(H,15,16). The van der Waals surface area contributed by atoms with E-state index in [1.54, 1.807) is 12.1 Å². The molecule has 0 aliphatic rings. The topological polar surface area (TPSA) is 54.4 Å². The Morgan fingerprint density at radius 2 is 2.00 bits per heavy atom. The number of aromatic carboxylic acids is 1. The summed E-state index contributed by atoms with van der Waals surface area (Å²) in [4.78, 5) is 11.5. The Labute approximate surface area is 118 Å². The molecule has 1 aromatic carbocycles. The van der Waals surface area contributed by atoms with E-state index in [2.05, 4.69) is 29.8 Å². The van der Waals surface area contributed by atoms with Crippen LogP contribution in [0.1, 0.15) is 37.0 Å². The van der Waals surface area contributed by atoms with Crippen LogP contribution < -0.4 is 0 Å². The molecule has 0 bridgehead atoms. The molecule has 0 aromatic heterocycles. The molecule has 0 saturated carbocycles. The van der Waals surface area contributed by atoms with Gasteiger partial charge in [-0.05, 0) is 24.1 Å². The largest absolute Gasteiger partial charge is 0.478 e. The number of rotatable bonds is 6. The summed E-state index contributed by atoms with van der Waals surface area (Å²) in [6.45, 7) is 4.12. The van der Waals surface area contributed by atoms with Gasteiger partial charge in [-0.2, -0.15) is 0 Å². The molecule has 1 rings (SSSR count). The lowest BCUT2D eigenvalue weighted by atomic mass is 10.1. The second kappa shape index (κ2) is 7.04. The predicted molar refractivity (Wildman–Crippen MR) is 76.4 cm³/mol. The maximum atomic E-state index is 12.3. The van der Waals surface area contributed by atoms with Crippen molar-refractivity contribution in [2.45, 2.75) is 31.6 Å². The van der Waals surface area contributed by atoms with E-state index in [0.717, 1.165) is 17.3 Å². The second-order valence-electron chi connectivity index (χ2n) is 4.14. The number of hydrogen-bond acceptors (Lipinski definition) is 2. The normalized spacial score (nSPS) is 12.7. The van der Waals surface area contributed by atoms with Gasteiger partial charge in [-0.1, -0.05) is 42.6 Å². The van der Waals surface area contributed by atoms with Crippen molar-refractivity contribution in [3.05, 3.63) is 28.2 Å². The number of hydrogen-bond donors (Lipinski definition) is 1. The van der Waals surface area contributed by atoms with E-state index in [1.807, 2.05) is 0 Å². The van der Waals surface area contributed by atoms with Crippen LogP contribution in [0, 0.1) is 5.92 Å². The van der Waals surface area contributed by atoms with E-state index in [4.69, 9.17) is 5.11 Å². The van der Waals surface area contributed by atoms with Gasteiger partial charge >= 0.3 is 5.97 Å². The maximum Gasteiger partial charge on any atom is 0.336 e. The van der Waals surface area contributed by atoms with Crippen LogP contribution in [-0.4, -0.2) is 21.0 Å². The first-order valence-electron chi connectivity index (χ1n) is 5.90. The summed E-state index contributed by atoms with van der Waals surface area (Å²) >= 11 is 3.29. The van der Waals surface area contributed by atoms with E-state index in [1.165, 1.54) is 6.07 Å². The Hall–Kier alpha value is -0.680. The molecule has 1 aromatic rings. The lowest BCUT2D eigenvalue weighted by molar-refractivity contribution is 0.0693. The third kappa shape index (κ3) is 3.92. The van der Waals surface area contributed by atoms with E-state index < -0.39 is 16.8 Å². The third-order valence-electron chi connectivity index (χ3n) is 2.96.